The fourth-order valence-electron chi connectivity index (χ4n) is 1.81. The van der Waals surface area contributed by atoms with Gasteiger partial charge >= 0.3 is 0 Å². The molecule has 0 atom stereocenters. The third-order valence-corrected chi connectivity index (χ3v) is 12.2. The van der Waals surface area contributed by atoms with E-state index in [1.165, 1.54) is 13.2 Å². The Morgan fingerprint density at radius 1 is 1.13 bits per heavy atom. The lowest BCUT2D eigenvalue weighted by atomic mass is 9.98. The molecule has 7 heteroatoms. The molecule has 0 aliphatic carbocycles. The lowest BCUT2D eigenvalue weighted by Gasteiger charge is -2.36. The Bertz CT molecular complexity index is 670. The molecule has 5 nitrogen and oxygen atoms in total. The number of aliphatic hydroxyl groups is 1. The smallest absolute Gasteiger partial charge is 0.238 e. The Morgan fingerprint density at radius 2 is 1.65 bits per heavy atom. The maximum Gasteiger partial charge on any atom is 0.238 e. The van der Waals surface area contributed by atoms with Gasteiger partial charge in [-0.2, -0.15) is 0 Å². The third-order valence-electron chi connectivity index (χ3n) is 4.42. The Kier molecular flexibility index (Phi) is 5.43. The van der Waals surface area contributed by atoms with Crippen molar-refractivity contribution in [3.05, 3.63) is 23.8 Å². The van der Waals surface area contributed by atoms with Crippen LogP contribution >= 0.6 is 0 Å². The zero-order valence-corrected chi connectivity index (χ0v) is 17.1. The monoisotopic (exact) mass is 359 g/mol. The molecule has 1 aromatic rings. The summed E-state index contributed by atoms with van der Waals surface area (Å²) in [5.41, 5.74) is -0.609. The van der Waals surface area contributed by atoms with Gasteiger partial charge in [0.05, 0.1) is 12.7 Å². The minimum atomic E-state index is -3.75. The first kappa shape index (κ1) is 20.2. The number of benzene rings is 1. The van der Waals surface area contributed by atoms with Crippen molar-refractivity contribution in [2.75, 3.05) is 7.11 Å². The van der Waals surface area contributed by atoms with Crippen molar-refractivity contribution in [2.24, 2.45) is 0 Å². The third kappa shape index (κ3) is 4.56. The molecule has 0 aromatic heterocycles. The Balaban J connectivity index is 3.43. The molecule has 23 heavy (non-hydrogen) atoms. The molecule has 0 saturated heterocycles. The van der Waals surface area contributed by atoms with E-state index in [0.717, 1.165) is 0 Å². The van der Waals surface area contributed by atoms with Crippen molar-refractivity contribution in [1.82, 2.24) is 4.39 Å². The lowest BCUT2D eigenvalue weighted by Crippen LogP contribution is -2.54. The van der Waals surface area contributed by atoms with E-state index in [4.69, 9.17) is 4.74 Å². The van der Waals surface area contributed by atoms with Crippen molar-refractivity contribution < 1.29 is 18.3 Å². The van der Waals surface area contributed by atoms with Crippen LogP contribution in [0.25, 0.3) is 0 Å². The van der Waals surface area contributed by atoms with E-state index in [0.29, 0.717) is 5.56 Å². The van der Waals surface area contributed by atoms with E-state index >= 15 is 0 Å². The summed E-state index contributed by atoms with van der Waals surface area (Å²) in [5.74, 6) is 0.268. The van der Waals surface area contributed by atoms with Crippen LogP contribution in [0.1, 0.15) is 40.2 Å². The summed E-state index contributed by atoms with van der Waals surface area (Å²) in [4.78, 5) is 0.0597. The van der Waals surface area contributed by atoms with E-state index in [9.17, 15) is 13.5 Å². The van der Waals surface area contributed by atoms with Crippen LogP contribution in [0, 0.1) is 0 Å². The van der Waals surface area contributed by atoms with Gasteiger partial charge in [0.1, 0.15) is 18.9 Å². The van der Waals surface area contributed by atoms with Crippen molar-refractivity contribution >= 4 is 18.3 Å². The van der Waals surface area contributed by atoms with E-state index < -0.39 is 23.9 Å². The average Bonchev–Trinajstić information content (AvgIpc) is 2.34. The van der Waals surface area contributed by atoms with Gasteiger partial charge in [-0.1, -0.05) is 39.9 Å². The van der Waals surface area contributed by atoms with Gasteiger partial charge in [-0.25, -0.2) is 12.8 Å². The molecule has 0 aliphatic rings. The van der Waals surface area contributed by atoms with Crippen LogP contribution in [0.4, 0.5) is 0 Å². The number of sulfonamides is 1. The van der Waals surface area contributed by atoms with Gasteiger partial charge in [0.15, 0.2) is 0 Å². The molecule has 132 valence electrons. The van der Waals surface area contributed by atoms with Crippen molar-refractivity contribution in [3.63, 3.8) is 0 Å². The highest BCUT2D eigenvalue weighted by Crippen LogP contribution is 2.36. The molecule has 1 aromatic carbocycles. The molecule has 0 aliphatic heterocycles. The predicted octanol–water partition coefficient (Wildman–Crippen LogP) is 3.21. The van der Waals surface area contributed by atoms with Gasteiger partial charge in [0, 0.05) is 0 Å². The van der Waals surface area contributed by atoms with Crippen LogP contribution in [0.5, 0.6) is 5.75 Å². The standard InChI is InChI=1S/C16H29NO4SSi/c1-15(2,3)23(7,8)17-22(19,20)14-11-12(16(4,5)18)9-10-13(14)21-6/h9-11,17-18H,1-8H3. The number of hydrogen-bond donors (Lipinski definition) is 2. The summed E-state index contributed by atoms with van der Waals surface area (Å²) < 4.78 is 33.9. The summed E-state index contributed by atoms with van der Waals surface area (Å²) in [5, 5.41) is 10.0. The van der Waals surface area contributed by atoms with E-state index in [2.05, 4.69) is 4.39 Å². The van der Waals surface area contributed by atoms with Crippen LogP contribution in [0.3, 0.4) is 0 Å². The lowest BCUT2D eigenvalue weighted by molar-refractivity contribution is 0.0783. The largest absolute Gasteiger partial charge is 0.495 e. The highest BCUT2D eigenvalue weighted by Gasteiger charge is 2.40. The highest BCUT2D eigenvalue weighted by atomic mass is 32.2. The predicted molar refractivity (Wildman–Crippen MR) is 95.8 cm³/mol. The summed E-state index contributed by atoms with van der Waals surface area (Å²) >= 11 is 0. The van der Waals surface area contributed by atoms with Gasteiger partial charge in [-0.05, 0) is 36.6 Å². The number of methoxy groups -OCH3 is 1. The number of rotatable bonds is 5. The summed E-state index contributed by atoms with van der Waals surface area (Å²) in [7, 11) is -4.59. The average molecular weight is 360 g/mol. The SMILES string of the molecule is COc1ccc(C(C)(C)O)cc1S(=O)(=O)N[Si](C)(C)C(C)(C)C. The van der Waals surface area contributed by atoms with Crippen molar-refractivity contribution in [3.8, 4) is 5.75 Å². The second-order valence-corrected chi connectivity index (χ2v) is 14.9. The quantitative estimate of drug-likeness (QED) is 0.792. The number of nitrogens with one attached hydrogen (secondary N) is 1. The van der Waals surface area contributed by atoms with Crippen molar-refractivity contribution in [1.29, 1.82) is 0 Å². The summed E-state index contributed by atoms with van der Waals surface area (Å²) in [6.07, 6.45) is 0. The maximum absolute atomic E-state index is 12.9. The molecule has 0 saturated carbocycles. The molecule has 0 spiro atoms. The zero-order chi connectivity index (χ0) is 18.3. The van der Waals surface area contributed by atoms with Crippen LogP contribution in [-0.2, 0) is 15.6 Å². The second kappa shape index (κ2) is 6.20. The normalized spacial score (nSPS) is 14.0. The molecule has 0 bridgehead atoms. The fraction of sp³-hybridized carbons (Fsp3) is 0.625. The first-order valence-corrected chi connectivity index (χ1v) is 12.0. The Hall–Kier alpha value is -0.893. The van der Waals surface area contributed by atoms with E-state index in [1.807, 2.05) is 33.9 Å². The highest BCUT2D eigenvalue weighted by molar-refractivity contribution is 7.91. The van der Waals surface area contributed by atoms with Crippen LogP contribution in [0.2, 0.25) is 18.1 Å². The van der Waals surface area contributed by atoms with Gasteiger partial charge in [-0.3, -0.25) is 0 Å². The number of hydrogen-bond acceptors (Lipinski definition) is 4. The molecular formula is C16H29NO4SSi. The van der Waals surface area contributed by atoms with E-state index in [1.54, 1.807) is 26.0 Å². The fourth-order valence-corrected chi connectivity index (χ4v) is 6.86. The first-order chi connectivity index (χ1) is 10.1. The second-order valence-electron chi connectivity index (χ2n) is 7.91. The van der Waals surface area contributed by atoms with E-state index in [-0.39, 0.29) is 15.7 Å². The summed E-state index contributed by atoms with van der Waals surface area (Å²) in [6.45, 7) is 13.3. The molecule has 0 heterocycles. The van der Waals surface area contributed by atoms with Gasteiger partial charge < -0.3 is 9.84 Å². The van der Waals surface area contributed by atoms with Gasteiger partial charge in [0.2, 0.25) is 10.0 Å². The molecule has 0 fully saturated rings. The first-order valence-electron chi connectivity index (χ1n) is 7.57. The summed E-state index contributed by atoms with van der Waals surface area (Å²) in [6, 6.07) is 4.73. The molecule has 0 amide bonds. The topological polar surface area (TPSA) is 75.6 Å². The minimum absolute atomic E-state index is 0.0597. The van der Waals surface area contributed by atoms with Gasteiger partial charge in [-0.15, -0.1) is 0 Å². The minimum Gasteiger partial charge on any atom is -0.495 e. The van der Waals surface area contributed by atoms with Crippen LogP contribution < -0.4 is 9.12 Å². The Labute approximate surface area is 141 Å². The van der Waals surface area contributed by atoms with Crippen LogP contribution in [0.15, 0.2) is 23.1 Å². The van der Waals surface area contributed by atoms with Crippen molar-refractivity contribution in [2.45, 2.75) is 63.2 Å². The molecular weight excluding hydrogens is 330 g/mol. The zero-order valence-electron chi connectivity index (χ0n) is 15.3. The molecule has 0 unspecified atom stereocenters. The molecule has 0 radical (unpaired) electrons. The number of ether oxygens (including phenoxy) is 1. The molecule has 2 N–H and O–H groups in total. The molecule has 1 rings (SSSR count). The van der Waals surface area contributed by atoms with Crippen LogP contribution in [-0.4, -0.2) is 28.9 Å². The maximum atomic E-state index is 12.9. The van der Waals surface area contributed by atoms with Gasteiger partial charge in [0.25, 0.3) is 0 Å². The Morgan fingerprint density at radius 3 is 2.04 bits per heavy atom.